The minimum absolute atomic E-state index is 0.753. The first kappa shape index (κ1) is 14.8. The van der Waals surface area contributed by atoms with Gasteiger partial charge in [0.05, 0.1) is 6.61 Å². The van der Waals surface area contributed by atoms with Gasteiger partial charge in [-0.3, -0.25) is 9.59 Å². The lowest BCUT2D eigenvalue weighted by atomic mass is 9.98. The number of halogens is 1. The van der Waals surface area contributed by atoms with E-state index in [0.717, 1.165) is 13.8 Å². The van der Waals surface area contributed by atoms with Crippen LogP contribution in [0.5, 0.6) is 0 Å². The number of hydrogen-bond donors (Lipinski definition) is 2. The number of carbonyl (C=O) groups is 2. The normalized spacial score (nSPS) is 35.3. The van der Waals surface area contributed by atoms with E-state index in [1.807, 2.05) is 0 Å². The second kappa shape index (κ2) is 5.59. The van der Waals surface area contributed by atoms with Gasteiger partial charge in [0.1, 0.15) is 12.8 Å². The fourth-order valence-corrected chi connectivity index (χ4v) is 1.67. The van der Waals surface area contributed by atoms with E-state index >= 15 is 0 Å². The second-order valence-corrected chi connectivity index (χ2v) is 3.97. The van der Waals surface area contributed by atoms with Gasteiger partial charge in [-0.15, -0.1) is 0 Å². The van der Waals surface area contributed by atoms with Gasteiger partial charge in [-0.05, 0) is 0 Å². The first-order valence-electron chi connectivity index (χ1n) is 5.23. The van der Waals surface area contributed by atoms with Crippen LogP contribution >= 0.6 is 0 Å². The number of hydrogen-bond acceptors (Lipinski definition) is 7. The summed E-state index contributed by atoms with van der Waals surface area (Å²) in [5.41, 5.74) is -1.96. The van der Waals surface area contributed by atoms with Crippen LogP contribution in [0.2, 0.25) is 0 Å². The van der Waals surface area contributed by atoms with Gasteiger partial charge in [-0.1, -0.05) is 0 Å². The van der Waals surface area contributed by atoms with Crippen LogP contribution < -0.4 is 0 Å². The van der Waals surface area contributed by atoms with E-state index < -0.39 is 49.3 Å². The zero-order chi connectivity index (χ0) is 13.9. The highest BCUT2D eigenvalue weighted by Crippen LogP contribution is 2.34. The van der Waals surface area contributed by atoms with E-state index in [1.54, 1.807) is 0 Å². The van der Waals surface area contributed by atoms with Gasteiger partial charge in [0.2, 0.25) is 6.29 Å². The van der Waals surface area contributed by atoms with Crippen molar-refractivity contribution in [2.45, 2.75) is 37.9 Å². The molecule has 0 bridgehead atoms. The van der Waals surface area contributed by atoms with Gasteiger partial charge in [-0.2, -0.15) is 0 Å². The summed E-state index contributed by atoms with van der Waals surface area (Å²) in [6.45, 7) is 0.0846. The van der Waals surface area contributed by atoms with E-state index in [1.165, 1.54) is 0 Å². The molecule has 1 unspecified atom stereocenters. The maximum Gasteiger partial charge on any atom is 0.305 e. The number of alkyl halides is 1. The molecule has 1 saturated heterocycles. The SMILES string of the molecule is CC(=O)OC1O[C@@](CO)(CF)[C@@H](O)[C@H]1OC(C)=O. The summed E-state index contributed by atoms with van der Waals surface area (Å²) in [7, 11) is 0. The van der Waals surface area contributed by atoms with E-state index in [4.69, 9.17) is 14.6 Å². The standard InChI is InChI=1S/C10H15FO7/c1-5(13)16-7-8(15)10(3-11,4-12)18-9(7)17-6(2)14/h7-9,12,15H,3-4H2,1-2H3/t7-,8+,9?,10-/m1/s1. The van der Waals surface area contributed by atoms with E-state index in [-0.39, 0.29) is 0 Å². The maximum atomic E-state index is 12.9. The molecule has 0 aromatic rings. The van der Waals surface area contributed by atoms with Crippen molar-refractivity contribution in [1.29, 1.82) is 0 Å². The Hall–Kier alpha value is -1.25. The van der Waals surface area contributed by atoms with Gasteiger partial charge >= 0.3 is 11.9 Å². The van der Waals surface area contributed by atoms with Crippen LogP contribution in [-0.2, 0) is 23.8 Å². The predicted molar refractivity (Wildman–Crippen MR) is 54.0 cm³/mol. The van der Waals surface area contributed by atoms with Gasteiger partial charge in [0, 0.05) is 13.8 Å². The van der Waals surface area contributed by atoms with E-state index in [9.17, 15) is 19.1 Å². The third-order valence-corrected chi connectivity index (χ3v) is 2.55. The summed E-state index contributed by atoms with van der Waals surface area (Å²) in [4.78, 5) is 21.7. The molecule has 18 heavy (non-hydrogen) atoms. The molecule has 1 fully saturated rings. The van der Waals surface area contributed by atoms with Crippen LogP contribution in [0, 0.1) is 0 Å². The van der Waals surface area contributed by atoms with Gasteiger partial charge in [0.25, 0.3) is 0 Å². The lowest BCUT2D eigenvalue weighted by Gasteiger charge is -2.25. The van der Waals surface area contributed by atoms with Crippen molar-refractivity contribution in [2.75, 3.05) is 13.3 Å². The molecule has 4 atom stereocenters. The molecule has 0 saturated carbocycles. The quantitative estimate of drug-likeness (QED) is 0.622. The monoisotopic (exact) mass is 266 g/mol. The Labute approximate surface area is 102 Å². The molecule has 0 spiro atoms. The molecular formula is C10H15FO7. The molecule has 7 nitrogen and oxygen atoms in total. The van der Waals surface area contributed by atoms with Gasteiger partial charge in [0.15, 0.2) is 11.7 Å². The predicted octanol–water partition coefficient (Wildman–Crippen LogP) is -1.10. The highest BCUT2D eigenvalue weighted by molar-refractivity contribution is 5.67. The molecule has 2 N–H and O–H groups in total. The Bertz CT molecular complexity index is 328. The fourth-order valence-electron chi connectivity index (χ4n) is 1.67. The minimum atomic E-state index is -1.96. The lowest BCUT2D eigenvalue weighted by Crippen LogP contribution is -2.49. The van der Waals surface area contributed by atoms with E-state index in [2.05, 4.69) is 4.74 Å². The topological polar surface area (TPSA) is 102 Å². The fraction of sp³-hybridized carbons (Fsp3) is 0.800. The Morgan fingerprint density at radius 3 is 2.28 bits per heavy atom. The van der Waals surface area contributed by atoms with Gasteiger partial charge < -0.3 is 24.4 Å². The molecule has 0 aromatic carbocycles. The first-order chi connectivity index (χ1) is 8.36. The summed E-state index contributed by atoms with van der Waals surface area (Å²) < 4.78 is 27.3. The maximum absolute atomic E-state index is 12.9. The average Bonchev–Trinajstić information content (AvgIpc) is 2.53. The molecule has 8 heteroatoms. The lowest BCUT2D eigenvalue weighted by molar-refractivity contribution is -0.210. The number of aliphatic hydroxyl groups is 2. The second-order valence-electron chi connectivity index (χ2n) is 3.97. The Balaban J connectivity index is 2.94. The van der Waals surface area contributed by atoms with Crippen LogP contribution in [-0.4, -0.2) is 59.5 Å². The highest BCUT2D eigenvalue weighted by atomic mass is 19.1. The molecule has 0 aliphatic carbocycles. The molecule has 0 radical (unpaired) electrons. The molecule has 0 aromatic heterocycles. The number of esters is 2. The number of ether oxygens (including phenoxy) is 3. The van der Waals surface area contributed by atoms with Crippen molar-refractivity contribution in [3.8, 4) is 0 Å². The third-order valence-electron chi connectivity index (χ3n) is 2.55. The van der Waals surface area contributed by atoms with E-state index in [0.29, 0.717) is 0 Å². The number of carbonyl (C=O) groups excluding carboxylic acids is 2. The Kier molecular flexibility index (Phi) is 4.60. The van der Waals surface area contributed by atoms with Crippen molar-refractivity contribution in [1.82, 2.24) is 0 Å². The van der Waals surface area contributed by atoms with Crippen molar-refractivity contribution < 1.29 is 38.4 Å². The molecular weight excluding hydrogens is 251 g/mol. The minimum Gasteiger partial charge on any atom is -0.453 e. The van der Waals surface area contributed by atoms with Crippen molar-refractivity contribution in [2.24, 2.45) is 0 Å². The summed E-state index contributed by atoms with van der Waals surface area (Å²) >= 11 is 0. The number of aliphatic hydroxyl groups excluding tert-OH is 2. The Morgan fingerprint density at radius 2 is 1.89 bits per heavy atom. The van der Waals surface area contributed by atoms with Crippen LogP contribution in [0.3, 0.4) is 0 Å². The van der Waals surface area contributed by atoms with Crippen molar-refractivity contribution >= 4 is 11.9 Å². The van der Waals surface area contributed by atoms with Crippen molar-refractivity contribution in [3.63, 3.8) is 0 Å². The van der Waals surface area contributed by atoms with Crippen molar-refractivity contribution in [3.05, 3.63) is 0 Å². The molecule has 1 aliphatic rings. The summed E-state index contributed by atoms with van der Waals surface area (Å²) in [6, 6.07) is 0. The molecule has 1 heterocycles. The largest absolute Gasteiger partial charge is 0.453 e. The third kappa shape index (κ3) is 2.77. The zero-order valence-electron chi connectivity index (χ0n) is 9.96. The average molecular weight is 266 g/mol. The molecule has 104 valence electrons. The molecule has 1 aliphatic heterocycles. The zero-order valence-corrected chi connectivity index (χ0v) is 9.96. The summed E-state index contributed by atoms with van der Waals surface area (Å²) in [5.74, 6) is -1.51. The van der Waals surface area contributed by atoms with Crippen LogP contribution in [0.1, 0.15) is 13.8 Å². The van der Waals surface area contributed by atoms with Crippen LogP contribution in [0.25, 0.3) is 0 Å². The first-order valence-corrected chi connectivity index (χ1v) is 5.23. The molecule has 1 rings (SSSR count). The smallest absolute Gasteiger partial charge is 0.305 e. The number of rotatable bonds is 4. The highest BCUT2D eigenvalue weighted by Gasteiger charge is 2.58. The van der Waals surface area contributed by atoms with Crippen LogP contribution in [0.4, 0.5) is 4.39 Å². The Morgan fingerprint density at radius 1 is 1.33 bits per heavy atom. The molecule has 0 amide bonds. The summed E-state index contributed by atoms with van der Waals surface area (Å²) in [6.07, 6.45) is -4.47. The van der Waals surface area contributed by atoms with Gasteiger partial charge in [-0.25, -0.2) is 4.39 Å². The van der Waals surface area contributed by atoms with Crippen LogP contribution in [0.15, 0.2) is 0 Å². The summed E-state index contributed by atoms with van der Waals surface area (Å²) in [5, 5.41) is 18.9.